The van der Waals surface area contributed by atoms with Crippen LogP contribution in [0.15, 0.2) is 65.7 Å². The van der Waals surface area contributed by atoms with E-state index in [2.05, 4.69) is 72.7 Å². The average molecular weight is 407 g/mol. The second-order valence-electron chi connectivity index (χ2n) is 8.30. The first-order valence-electron chi connectivity index (χ1n) is 10.5. The summed E-state index contributed by atoms with van der Waals surface area (Å²) in [4.78, 5) is 18.6. The topological polar surface area (TPSA) is 23.6 Å². The van der Waals surface area contributed by atoms with Gasteiger partial charge in [-0.3, -0.25) is 4.79 Å². The van der Waals surface area contributed by atoms with Crippen molar-refractivity contribution in [2.45, 2.75) is 31.1 Å². The minimum atomic E-state index is 0.187. The lowest BCUT2D eigenvalue weighted by Gasteiger charge is -2.37. The summed E-state index contributed by atoms with van der Waals surface area (Å²) in [6, 6.07) is 17.1. The summed E-state index contributed by atoms with van der Waals surface area (Å²) in [5.41, 5.74) is 5.10. The van der Waals surface area contributed by atoms with E-state index in [1.807, 2.05) is 17.8 Å². The molecule has 0 radical (unpaired) electrons. The smallest absolute Gasteiger partial charge is 0.226 e. The highest BCUT2D eigenvalue weighted by Crippen LogP contribution is 2.48. The maximum atomic E-state index is 12.9. The van der Waals surface area contributed by atoms with E-state index in [4.69, 9.17) is 0 Å². The van der Waals surface area contributed by atoms with E-state index in [0.717, 1.165) is 44.0 Å². The third kappa shape index (κ3) is 4.69. The van der Waals surface area contributed by atoms with Crippen LogP contribution in [0.2, 0.25) is 0 Å². The number of hydrogen-bond acceptors (Lipinski definition) is 3. The molecule has 1 amide bonds. The van der Waals surface area contributed by atoms with E-state index < -0.39 is 0 Å². The standard InChI is InChI=1S/C25H30N2OS/c1-18-9-10-24(19(2)15-18)29-17-20(3)26-11-13-27(14-12-26)25(28)23-16-22(23)21-7-5-4-6-8-21/h4-10,15,22-23H,3,11-14,16-17H2,1-2H3/t22-,23+/m0/s1. The first-order valence-corrected chi connectivity index (χ1v) is 11.5. The molecule has 2 fully saturated rings. The lowest BCUT2D eigenvalue weighted by molar-refractivity contribution is -0.134. The van der Waals surface area contributed by atoms with Crippen LogP contribution >= 0.6 is 11.8 Å². The van der Waals surface area contributed by atoms with Crippen molar-refractivity contribution >= 4 is 17.7 Å². The van der Waals surface area contributed by atoms with Crippen LogP contribution in [0.5, 0.6) is 0 Å². The van der Waals surface area contributed by atoms with E-state index in [1.54, 1.807) is 0 Å². The first kappa shape index (κ1) is 20.1. The molecule has 0 N–H and O–H groups in total. The van der Waals surface area contributed by atoms with Gasteiger partial charge in [-0.2, -0.15) is 0 Å². The van der Waals surface area contributed by atoms with E-state index in [0.29, 0.717) is 11.8 Å². The van der Waals surface area contributed by atoms with Crippen molar-refractivity contribution < 1.29 is 4.79 Å². The van der Waals surface area contributed by atoms with Gasteiger partial charge in [0.05, 0.1) is 0 Å². The molecule has 0 spiro atoms. The molecule has 3 nitrogen and oxygen atoms in total. The molecule has 2 aromatic rings. The number of thioether (sulfide) groups is 1. The lowest BCUT2D eigenvalue weighted by Crippen LogP contribution is -2.48. The summed E-state index contributed by atoms with van der Waals surface area (Å²) in [5, 5.41) is 0. The molecule has 152 valence electrons. The summed E-state index contributed by atoms with van der Waals surface area (Å²) in [6.07, 6.45) is 1.00. The predicted octanol–water partition coefficient (Wildman–Crippen LogP) is 4.86. The van der Waals surface area contributed by atoms with Crippen molar-refractivity contribution in [3.8, 4) is 0 Å². The highest BCUT2D eigenvalue weighted by atomic mass is 32.2. The molecule has 2 atom stereocenters. The van der Waals surface area contributed by atoms with Gasteiger partial charge in [-0.05, 0) is 43.4 Å². The summed E-state index contributed by atoms with van der Waals surface area (Å²) < 4.78 is 0. The van der Waals surface area contributed by atoms with Gasteiger partial charge in [-0.1, -0.05) is 54.6 Å². The number of aryl methyl sites for hydroxylation is 2. The van der Waals surface area contributed by atoms with Crippen molar-refractivity contribution in [1.82, 2.24) is 9.80 Å². The summed E-state index contributed by atoms with van der Waals surface area (Å²) in [6.45, 7) is 12.0. The second kappa shape index (κ2) is 8.66. The minimum absolute atomic E-state index is 0.187. The van der Waals surface area contributed by atoms with Gasteiger partial charge in [-0.15, -0.1) is 11.8 Å². The third-order valence-corrected chi connectivity index (χ3v) is 7.35. The van der Waals surface area contributed by atoms with Crippen LogP contribution in [0, 0.1) is 19.8 Å². The van der Waals surface area contributed by atoms with Crippen molar-refractivity contribution in [3.63, 3.8) is 0 Å². The van der Waals surface area contributed by atoms with Gasteiger partial charge in [0.15, 0.2) is 0 Å². The highest BCUT2D eigenvalue weighted by molar-refractivity contribution is 7.99. The molecule has 1 aliphatic heterocycles. The van der Waals surface area contributed by atoms with E-state index in [9.17, 15) is 4.79 Å². The molecule has 4 heteroatoms. The average Bonchev–Trinajstić information content (AvgIpc) is 3.54. The molecule has 1 aliphatic carbocycles. The third-order valence-electron chi connectivity index (χ3n) is 6.10. The van der Waals surface area contributed by atoms with E-state index >= 15 is 0 Å². The largest absolute Gasteiger partial charge is 0.371 e. The number of carbonyl (C=O) groups excluding carboxylic acids is 1. The highest BCUT2D eigenvalue weighted by Gasteiger charge is 2.45. The maximum Gasteiger partial charge on any atom is 0.226 e. The Morgan fingerprint density at radius 1 is 1.03 bits per heavy atom. The number of piperazine rings is 1. The number of carbonyl (C=O) groups is 1. The van der Waals surface area contributed by atoms with Crippen molar-refractivity contribution in [3.05, 3.63) is 77.5 Å². The SMILES string of the molecule is C=C(CSc1ccc(C)cc1C)N1CCN(C(=O)[C@@H]2C[C@H]2c2ccccc2)CC1. The Kier molecular flexibility index (Phi) is 6.00. The fourth-order valence-electron chi connectivity index (χ4n) is 4.23. The predicted molar refractivity (Wildman–Crippen MR) is 121 cm³/mol. The van der Waals surface area contributed by atoms with Crippen molar-refractivity contribution in [2.75, 3.05) is 31.9 Å². The Morgan fingerprint density at radius 2 is 1.72 bits per heavy atom. The molecule has 0 aromatic heterocycles. The lowest BCUT2D eigenvalue weighted by atomic mass is 10.1. The Labute approximate surface area is 178 Å². The van der Waals surface area contributed by atoms with Gasteiger partial charge < -0.3 is 9.80 Å². The van der Waals surface area contributed by atoms with Crippen molar-refractivity contribution in [1.29, 1.82) is 0 Å². The zero-order chi connectivity index (χ0) is 20.4. The molecule has 1 saturated heterocycles. The molecular weight excluding hydrogens is 376 g/mol. The maximum absolute atomic E-state index is 12.9. The normalized spacial score (nSPS) is 21.2. The number of benzene rings is 2. The molecule has 2 aromatic carbocycles. The molecule has 1 saturated carbocycles. The Balaban J connectivity index is 1.24. The minimum Gasteiger partial charge on any atom is -0.371 e. The van der Waals surface area contributed by atoms with Crippen LogP contribution in [0.4, 0.5) is 0 Å². The number of nitrogens with zero attached hydrogens (tertiary/aromatic N) is 2. The fourth-order valence-corrected chi connectivity index (χ4v) is 5.18. The monoisotopic (exact) mass is 406 g/mol. The molecule has 0 unspecified atom stereocenters. The summed E-state index contributed by atoms with van der Waals surface area (Å²) >= 11 is 1.86. The number of rotatable bonds is 6. The molecular formula is C25H30N2OS. The Bertz CT molecular complexity index is 887. The van der Waals surface area contributed by atoms with Crippen LogP contribution in [0.3, 0.4) is 0 Å². The Morgan fingerprint density at radius 3 is 2.41 bits per heavy atom. The molecule has 4 rings (SSSR count). The Hall–Kier alpha value is -2.20. The van der Waals surface area contributed by atoms with Crippen LogP contribution in [-0.4, -0.2) is 47.6 Å². The fraction of sp³-hybridized carbons (Fsp3) is 0.400. The van der Waals surface area contributed by atoms with E-state index in [1.165, 1.54) is 21.6 Å². The number of amides is 1. The second-order valence-corrected chi connectivity index (χ2v) is 9.31. The van der Waals surface area contributed by atoms with Gasteiger partial charge in [0.25, 0.3) is 0 Å². The molecule has 2 aliphatic rings. The van der Waals surface area contributed by atoms with Gasteiger partial charge in [-0.25, -0.2) is 0 Å². The van der Waals surface area contributed by atoms with Gasteiger partial charge >= 0.3 is 0 Å². The summed E-state index contributed by atoms with van der Waals surface area (Å²) in [5.74, 6) is 1.85. The summed E-state index contributed by atoms with van der Waals surface area (Å²) in [7, 11) is 0. The van der Waals surface area contributed by atoms with Gasteiger partial charge in [0.2, 0.25) is 5.91 Å². The van der Waals surface area contributed by atoms with Crippen LogP contribution in [0.25, 0.3) is 0 Å². The zero-order valence-corrected chi connectivity index (χ0v) is 18.3. The van der Waals surface area contributed by atoms with Gasteiger partial charge in [0.1, 0.15) is 0 Å². The van der Waals surface area contributed by atoms with Crippen LogP contribution in [-0.2, 0) is 4.79 Å². The molecule has 29 heavy (non-hydrogen) atoms. The first-order chi connectivity index (χ1) is 14.0. The molecule has 1 heterocycles. The number of hydrogen-bond donors (Lipinski definition) is 0. The van der Waals surface area contributed by atoms with Crippen LogP contribution < -0.4 is 0 Å². The zero-order valence-electron chi connectivity index (χ0n) is 17.4. The molecule has 0 bridgehead atoms. The van der Waals surface area contributed by atoms with Gasteiger partial charge in [0, 0.05) is 48.4 Å². The van der Waals surface area contributed by atoms with Crippen LogP contribution in [0.1, 0.15) is 29.0 Å². The quantitative estimate of drug-likeness (QED) is 0.640. The van der Waals surface area contributed by atoms with Crippen molar-refractivity contribution in [2.24, 2.45) is 5.92 Å². The van der Waals surface area contributed by atoms with E-state index in [-0.39, 0.29) is 5.92 Å².